The van der Waals surface area contributed by atoms with Gasteiger partial charge in [-0.1, -0.05) is 36.4 Å². The van der Waals surface area contributed by atoms with Crippen molar-refractivity contribution in [2.75, 3.05) is 20.7 Å². The van der Waals surface area contributed by atoms with Crippen molar-refractivity contribution in [2.24, 2.45) is 0 Å². The van der Waals surface area contributed by atoms with Crippen LogP contribution in [0, 0.1) is 6.92 Å². The van der Waals surface area contributed by atoms with E-state index in [1.165, 1.54) is 0 Å². The Morgan fingerprint density at radius 3 is 2.47 bits per heavy atom. The van der Waals surface area contributed by atoms with Crippen LogP contribution >= 0.6 is 0 Å². The fraction of sp³-hybridized carbons (Fsp3) is 0.250. The zero-order valence-electron chi connectivity index (χ0n) is 18.2. The summed E-state index contributed by atoms with van der Waals surface area (Å²) in [5, 5.41) is 27.7. The van der Waals surface area contributed by atoms with Crippen molar-refractivity contribution in [1.29, 1.82) is 0 Å². The largest absolute Gasteiger partial charge is 0.415 e. The second-order valence-electron chi connectivity index (χ2n) is 7.73. The molecular weight excluding hydrogens is 406 g/mol. The molecule has 0 radical (unpaired) electrons. The maximum atomic E-state index is 10.2. The van der Waals surface area contributed by atoms with Crippen LogP contribution in [0.25, 0.3) is 34.3 Å². The average molecular weight is 431 g/mol. The first-order valence-electron chi connectivity index (χ1n) is 10.3. The number of rotatable bonds is 7. The van der Waals surface area contributed by atoms with Gasteiger partial charge in [0.25, 0.3) is 5.89 Å². The third-order valence-corrected chi connectivity index (χ3v) is 5.15. The molecule has 4 aromatic rings. The molecule has 164 valence electrons. The lowest BCUT2D eigenvalue weighted by molar-refractivity contribution is 0.0395. The van der Waals surface area contributed by atoms with E-state index in [2.05, 4.69) is 15.2 Å². The van der Waals surface area contributed by atoms with Crippen LogP contribution in [0.3, 0.4) is 0 Å². The summed E-state index contributed by atoms with van der Waals surface area (Å²) in [6.07, 6.45) is 1.59. The van der Waals surface area contributed by atoms with Crippen LogP contribution < -0.4 is 0 Å². The zero-order valence-corrected chi connectivity index (χ0v) is 18.2. The van der Waals surface area contributed by atoms with E-state index in [0.29, 0.717) is 35.3 Å². The summed E-state index contributed by atoms with van der Waals surface area (Å²) in [5.41, 5.74) is 5.30. The van der Waals surface area contributed by atoms with Crippen LogP contribution in [0.1, 0.15) is 23.0 Å². The second kappa shape index (κ2) is 9.35. The topological polar surface area (TPSA) is 108 Å². The van der Waals surface area contributed by atoms with Gasteiger partial charge in [-0.3, -0.25) is 9.88 Å². The van der Waals surface area contributed by atoms with Crippen LogP contribution in [0.15, 0.2) is 59.1 Å². The predicted molar refractivity (Wildman–Crippen MR) is 120 cm³/mol. The van der Waals surface area contributed by atoms with Crippen LogP contribution in [0.2, 0.25) is 0 Å². The molecule has 2 aromatic heterocycles. The number of aliphatic hydroxyl groups is 2. The third-order valence-electron chi connectivity index (χ3n) is 5.15. The van der Waals surface area contributed by atoms with Gasteiger partial charge in [0.15, 0.2) is 0 Å². The molecule has 8 heteroatoms. The molecule has 2 heterocycles. The summed E-state index contributed by atoms with van der Waals surface area (Å²) in [6.45, 7) is 1.92. The molecule has 0 aliphatic rings. The van der Waals surface area contributed by atoms with Crippen molar-refractivity contribution < 1.29 is 14.6 Å². The smallest absolute Gasteiger partial charge is 0.268 e. The van der Waals surface area contributed by atoms with Gasteiger partial charge in [-0.25, -0.2) is 4.98 Å². The van der Waals surface area contributed by atoms with Gasteiger partial charge in [-0.15, -0.1) is 10.2 Å². The average Bonchev–Trinajstić information content (AvgIpc) is 3.29. The van der Waals surface area contributed by atoms with Crippen molar-refractivity contribution in [1.82, 2.24) is 25.1 Å². The van der Waals surface area contributed by atoms with Crippen LogP contribution in [0.5, 0.6) is 0 Å². The number of benzene rings is 2. The Hall–Kier alpha value is -3.46. The van der Waals surface area contributed by atoms with E-state index >= 15 is 0 Å². The van der Waals surface area contributed by atoms with Crippen molar-refractivity contribution in [3.8, 4) is 34.3 Å². The highest BCUT2D eigenvalue weighted by Crippen LogP contribution is 2.27. The highest BCUT2D eigenvalue weighted by Gasteiger charge is 2.17. The fourth-order valence-electron chi connectivity index (χ4n) is 3.34. The van der Waals surface area contributed by atoms with Crippen molar-refractivity contribution in [3.05, 3.63) is 71.5 Å². The lowest BCUT2D eigenvalue weighted by atomic mass is 10.1. The molecule has 1 unspecified atom stereocenters. The van der Waals surface area contributed by atoms with E-state index in [1.807, 2.05) is 69.6 Å². The lowest BCUT2D eigenvalue weighted by Gasteiger charge is -2.18. The Morgan fingerprint density at radius 1 is 1.00 bits per heavy atom. The van der Waals surface area contributed by atoms with Crippen molar-refractivity contribution >= 4 is 0 Å². The molecule has 0 bridgehead atoms. The number of nitrogens with zero attached hydrogens (tertiary/aromatic N) is 5. The van der Waals surface area contributed by atoms with E-state index in [9.17, 15) is 5.11 Å². The molecule has 0 aliphatic carbocycles. The zero-order chi connectivity index (χ0) is 22.7. The van der Waals surface area contributed by atoms with Gasteiger partial charge in [0, 0.05) is 17.7 Å². The molecule has 0 fully saturated rings. The molecule has 0 saturated heterocycles. The number of hydrogen-bond acceptors (Lipinski definition) is 8. The van der Waals surface area contributed by atoms with Gasteiger partial charge in [0.2, 0.25) is 5.89 Å². The van der Waals surface area contributed by atoms with Crippen LogP contribution in [0.4, 0.5) is 0 Å². The maximum Gasteiger partial charge on any atom is 0.268 e. The highest BCUT2D eigenvalue weighted by molar-refractivity contribution is 5.63. The van der Waals surface area contributed by atoms with E-state index in [4.69, 9.17) is 14.5 Å². The van der Waals surface area contributed by atoms with Crippen LogP contribution in [-0.4, -0.2) is 56.0 Å². The number of aryl methyl sites for hydroxylation is 1. The quantitative estimate of drug-likeness (QED) is 0.429. The maximum absolute atomic E-state index is 10.2. The van der Waals surface area contributed by atoms with Gasteiger partial charge in [-0.05, 0) is 50.7 Å². The Kier molecular flexibility index (Phi) is 6.36. The molecule has 0 spiro atoms. The summed E-state index contributed by atoms with van der Waals surface area (Å²) in [6, 6.07) is 15.2. The Labute approximate surface area is 186 Å². The predicted octanol–water partition coefficient (Wildman–Crippen LogP) is 3.26. The molecule has 0 amide bonds. The molecule has 4 rings (SSSR count). The minimum Gasteiger partial charge on any atom is -0.415 e. The van der Waals surface area contributed by atoms with Gasteiger partial charge < -0.3 is 14.6 Å². The Morgan fingerprint density at radius 2 is 1.75 bits per heavy atom. The molecule has 0 saturated carbocycles. The summed E-state index contributed by atoms with van der Waals surface area (Å²) in [4.78, 5) is 10.9. The summed E-state index contributed by atoms with van der Waals surface area (Å²) in [7, 11) is 3.63. The fourth-order valence-corrected chi connectivity index (χ4v) is 3.34. The Bertz CT molecular complexity index is 1200. The minimum atomic E-state index is -0.670. The molecule has 8 nitrogen and oxygen atoms in total. The van der Waals surface area contributed by atoms with Crippen molar-refractivity contribution in [2.45, 2.75) is 19.6 Å². The minimum absolute atomic E-state index is 0.0786. The summed E-state index contributed by atoms with van der Waals surface area (Å²) >= 11 is 0. The highest BCUT2D eigenvalue weighted by atomic mass is 16.4. The summed E-state index contributed by atoms with van der Waals surface area (Å²) < 4.78 is 5.91. The van der Waals surface area contributed by atoms with Gasteiger partial charge in [0.1, 0.15) is 11.9 Å². The molecule has 0 aliphatic heterocycles. The van der Waals surface area contributed by atoms with Gasteiger partial charge in [-0.2, -0.15) is 0 Å². The number of hydrogen-bond donors (Lipinski definition) is 2. The monoisotopic (exact) mass is 431 g/mol. The third kappa shape index (κ3) is 4.57. The van der Waals surface area contributed by atoms with E-state index in [1.54, 1.807) is 11.1 Å². The standard InChI is InChI=1S/C24H25N5O3/c1-15-21(23-28-27-22(32-23)19-6-4-5-16(13-19)11-12-30)26-20(14-25-15)17-7-9-18(10-8-17)24(31)29(2)3/h4-10,13-14,24,30-31H,11-12H2,1-3H3. The first kappa shape index (κ1) is 21.8. The van der Waals surface area contributed by atoms with E-state index in [0.717, 1.165) is 22.3 Å². The first-order chi connectivity index (χ1) is 15.5. The molecule has 32 heavy (non-hydrogen) atoms. The number of aliphatic hydroxyl groups excluding tert-OH is 2. The summed E-state index contributed by atoms with van der Waals surface area (Å²) in [5.74, 6) is 0.674. The second-order valence-corrected chi connectivity index (χ2v) is 7.73. The SMILES string of the molecule is Cc1ncc(-c2ccc(C(O)N(C)C)cc2)nc1-c1nnc(-c2cccc(CCO)c2)o1. The molecular formula is C24H25N5O3. The first-order valence-corrected chi connectivity index (χ1v) is 10.3. The molecule has 2 aromatic carbocycles. The van der Waals surface area contributed by atoms with E-state index < -0.39 is 6.23 Å². The van der Waals surface area contributed by atoms with Crippen molar-refractivity contribution in [3.63, 3.8) is 0 Å². The van der Waals surface area contributed by atoms with Crippen LogP contribution in [-0.2, 0) is 6.42 Å². The van der Waals surface area contributed by atoms with E-state index in [-0.39, 0.29) is 6.61 Å². The van der Waals surface area contributed by atoms with Gasteiger partial charge in [0.05, 0.1) is 17.6 Å². The number of aromatic nitrogens is 4. The van der Waals surface area contributed by atoms with Gasteiger partial charge >= 0.3 is 0 Å². The normalized spacial score (nSPS) is 12.3. The molecule has 2 N–H and O–H groups in total. The molecule has 1 atom stereocenters. The lowest BCUT2D eigenvalue weighted by Crippen LogP contribution is -2.18. The Balaban J connectivity index is 1.63.